The van der Waals surface area contributed by atoms with E-state index in [1.807, 2.05) is 12.1 Å². The molecule has 2 aromatic rings. The van der Waals surface area contributed by atoms with Crippen LogP contribution in [0.25, 0.3) is 0 Å². The highest BCUT2D eigenvalue weighted by atomic mass is 35.5. The lowest BCUT2D eigenvalue weighted by atomic mass is 10.0. The Kier molecular flexibility index (Phi) is 4.67. The average Bonchev–Trinajstić information content (AvgIpc) is 2.51. The maximum atomic E-state index is 6.19. The van der Waals surface area contributed by atoms with Crippen molar-refractivity contribution in [1.29, 1.82) is 0 Å². The third-order valence-electron chi connectivity index (χ3n) is 4.38. The van der Waals surface area contributed by atoms with Gasteiger partial charge in [-0.3, -0.25) is 0 Å². The first-order valence-electron chi connectivity index (χ1n) is 8.07. The van der Waals surface area contributed by atoms with Crippen LogP contribution < -0.4 is 15.4 Å². The highest BCUT2D eigenvalue weighted by molar-refractivity contribution is 6.32. The Morgan fingerprint density at radius 2 is 1.83 bits per heavy atom. The molecule has 0 atom stereocenters. The normalized spacial score (nSPS) is 15.7. The van der Waals surface area contributed by atoms with E-state index in [4.69, 9.17) is 22.1 Å². The minimum absolute atomic E-state index is 0.207. The molecule has 0 saturated carbocycles. The first kappa shape index (κ1) is 16.0. The van der Waals surface area contributed by atoms with Crippen LogP contribution in [0.3, 0.4) is 0 Å². The summed E-state index contributed by atoms with van der Waals surface area (Å²) >= 11 is 6.19. The van der Waals surface area contributed by atoms with Gasteiger partial charge >= 0.3 is 0 Å². The molecule has 0 bridgehead atoms. The lowest BCUT2D eigenvalue weighted by molar-refractivity contribution is 0.171. The summed E-state index contributed by atoms with van der Waals surface area (Å²) in [5.41, 5.74) is 10.4. The van der Waals surface area contributed by atoms with Gasteiger partial charge in [-0.2, -0.15) is 0 Å². The zero-order valence-corrected chi connectivity index (χ0v) is 14.4. The molecule has 122 valence electrons. The van der Waals surface area contributed by atoms with Crippen LogP contribution in [-0.2, 0) is 0 Å². The van der Waals surface area contributed by atoms with E-state index >= 15 is 0 Å². The van der Waals surface area contributed by atoms with Gasteiger partial charge < -0.3 is 15.4 Å². The summed E-state index contributed by atoms with van der Waals surface area (Å²) in [5.74, 6) is 0.728. The largest absolute Gasteiger partial charge is 0.489 e. The number of rotatable bonds is 3. The number of hydrogen-bond donors (Lipinski definition) is 1. The zero-order chi connectivity index (χ0) is 16.4. The van der Waals surface area contributed by atoms with Crippen molar-refractivity contribution in [2.24, 2.45) is 0 Å². The quantitative estimate of drug-likeness (QED) is 0.837. The van der Waals surface area contributed by atoms with Crippen LogP contribution in [0.2, 0.25) is 5.02 Å². The summed E-state index contributed by atoms with van der Waals surface area (Å²) in [6, 6.07) is 12.1. The van der Waals surface area contributed by atoms with Crippen LogP contribution in [0.1, 0.15) is 24.0 Å². The van der Waals surface area contributed by atoms with Crippen LogP contribution in [-0.4, -0.2) is 19.2 Å². The first-order valence-corrected chi connectivity index (χ1v) is 8.44. The van der Waals surface area contributed by atoms with Gasteiger partial charge in [-0.25, -0.2) is 0 Å². The molecular formula is C19H23ClN2O. The summed E-state index contributed by atoms with van der Waals surface area (Å²) in [6.45, 7) is 6.31. The molecular weight excluding hydrogens is 308 g/mol. The van der Waals surface area contributed by atoms with E-state index < -0.39 is 0 Å². The standard InChI is InChI=1S/C19H23ClN2O/c1-13-3-5-18(14(2)11-13)22-9-7-16(8-10-22)23-19-6-4-15(21)12-17(19)20/h3-6,11-12,16H,7-10,21H2,1-2H3. The topological polar surface area (TPSA) is 38.5 Å². The number of benzene rings is 2. The van der Waals surface area contributed by atoms with Gasteiger partial charge in [0.05, 0.1) is 5.02 Å². The maximum absolute atomic E-state index is 6.19. The van der Waals surface area contributed by atoms with Crippen molar-refractivity contribution in [1.82, 2.24) is 0 Å². The molecule has 0 aliphatic carbocycles. The second kappa shape index (κ2) is 6.71. The summed E-state index contributed by atoms with van der Waals surface area (Å²) < 4.78 is 6.06. The van der Waals surface area contributed by atoms with Crippen molar-refractivity contribution in [2.45, 2.75) is 32.8 Å². The molecule has 2 aromatic carbocycles. The lowest BCUT2D eigenvalue weighted by Gasteiger charge is -2.34. The minimum Gasteiger partial charge on any atom is -0.489 e. The zero-order valence-electron chi connectivity index (χ0n) is 13.7. The van der Waals surface area contributed by atoms with Gasteiger partial charge in [-0.15, -0.1) is 0 Å². The van der Waals surface area contributed by atoms with Crippen LogP contribution in [0.4, 0.5) is 11.4 Å². The minimum atomic E-state index is 0.207. The molecule has 1 aliphatic rings. The highest BCUT2D eigenvalue weighted by Crippen LogP contribution is 2.30. The molecule has 0 spiro atoms. The Hall–Kier alpha value is -1.87. The van der Waals surface area contributed by atoms with Crippen molar-refractivity contribution in [3.63, 3.8) is 0 Å². The van der Waals surface area contributed by atoms with Gasteiger partial charge in [0.25, 0.3) is 0 Å². The Morgan fingerprint density at radius 3 is 2.48 bits per heavy atom. The predicted octanol–water partition coefficient (Wildman–Crippen LogP) is 4.59. The number of hydrogen-bond acceptors (Lipinski definition) is 3. The third kappa shape index (κ3) is 3.73. The number of halogens is 1. The van der Waals surface area contributed by atoms with E-state index in [2.05, 4.69) is 36.9 Å². The molecule has 1 heterocycles. The van der Waals surface area contributed by atoms with Gasteiger partial charge in [-0.1, -0.05) is 29.3 Å². The predicted molar refractivity (Wildman–Crippen MR) is 97.6 cm³/mol. The van der Waals surface area contributed by atoms with Crippen molar-refractivity contribution in [3.8, 4) is 5.75 Å². The Balaban J connectivity index is 1.62. The summed E-state index contributed by atoms with van der Waals surface area (Å²) in [6.07, 6.45) is 2.19. The van der Waals surface area contributed by atoms with Crippen LogP contribution in [0.15, 0.2) is 36.4 Å². The molecule has 0 unspecified atom stereocenters. The lowest BCUT2D eigenvalue weighted by Crippen LogP contribution is -2.38. The van der Waals surface area contributed by atoms with Crippen LogP contribution >= 0.6 is 11.6 Å². The highest BCUT2D eigenvalue weighted by Gasteiger charge is 2.22. The SMILES string of the molecule is Cc1ccc(N2CCC(Oc3ccc(N)cc3Cl)CC2)c(C)c1. The van der Waals surface area contributed by atoms with Crippen LogP contribution in [0, 0.1) is 13.8 Å². The summed E-state index contributed by atoms with van der Waals surface area (Å²) in [5, 5.41) is 0.585. The Labute approximate surface area is 143 Å². The smallest absolute Gasteiger partial charge is 0.138 e. The van der Waals surface area contributed by atoms with Crippen molar-refractivity contribution >= 4 is 23.0 Å². The fourth-order valence-electron chi connectivity index (χ4n) is 3.17. The molecule has 3 rings (SSSR count). The molecule has 1 fully saturated rings. The molecule has 1 aliphatic heterocycles. The summed E-state index contributed by atoms with van der Waals surface area (Å²) in [4.78, 5) is 2.44. The number of nitrogen functional groups attached to an aromatic ring is 1. The van der Waals surface area contributed by atoms with Crippen LogP contribution in [0.5, 0.6) is 5.75 Å². The van der Waals surface area contributed by atoms with Crippen molar-refractivity contribution in [2.75, 3.05) is 23.7 Å². The number of nitrogens with two attached hydrogens (primary N) is 1. The third-order valence-corrected chi connectivity index (χ3v) is 4.68. The van der Waals surface area contributed by atoms with Crippen molar-refractivity contribution < 1.29 is 4.74 Å². The van der Waals surface area contributed by atoms with E-state index in [0.29, 0.717) is 10.7 Å². The number of anilines is 2. The van der Waals surface area contributed by atoms with Crippen molar-refractivity contribution in [3.05, 3.63) is 52.5 Å². The Morgan fingerprint density at radius 1 is 1.09 bits per heavy atom. The monoisotopic (exact) mass is 330 g/mol. The molecule has 4 heteroatoms. The van der Waals surface area contributed by atoms with Gasteiger partial charge in [-0.05, 0) is 43.7 Å². The van der Waals surface area contributed by atoms with Gasteiger partial charge in [0.1, 0.15) is 11.9 Å². The molecule has 0 aromatic heterocycles. The maximum Gasteiger partial charge on any atom is 0.138 e. The van der Waals surface area contributed by atoms with Gasteiger partial charge in [0, 0.05) is 37.3 Å². The van der Waals surface area contributed by atoms with E-state index in [0.717, 1.165) is 31.7 Å². The average molecular weight is 331 g/mol. The first-order chi connectivity index (χ1) is 11.0. The molecule has 0 radical (unpaired) electrons. The number of aryl methyl sites for hydroxylation is 2. The molecule has 2 N–H and O–H groups in total. The van der Waals surface area contributed by atoms with E-state index in [1.54, 1.807) is 6.07 Å². The fraction of sp³-hybridized carbons (Fsp3) is 0.368. The second-order valence-electron chi connectivity index (χ2n) is 6.28. The summed E-state index contributed by atoms with van der Waals surface area (Å²) in [7, 11) is 0. The molecule has 3 nitrogen and oxygen atoms in total. The van der Waals surface area contributed by atoms with E-state index in [9.17, 15) is 0 Å². The molecule has 1 saturated heterocycles. The Bertz CT molecular complexity index is 694. The van der Waals surface area contributed by atoms with Gasteiger partial charge in [0.15, 0.2) is 0 Å². The van der Waals surface area contributed by atoms with Gasteiger partial charge in [0.2, 0.25) is 0 Å². The number of ether oxygens (including phenoxy) is 1. The second-order valence-corrected chi connectivity index (χ2v) is 6.69. The number of nitrogens with zero attached hydrogens (tertiary/aromatic N) is 1. The number of piperidine rings is 1. The molecule has 23 heavy (non-hydrogen) atoms. The van der Waals surface area contributed by atoms with E-state index in [1.165, 1.54) is 16.8 Å². The fourth-order valence-corrected chi connectivity index (χ4v) is 3.40. The molecule has 0 amide bonds. The van der Waals surface area contributed by atoms with E-state index in [-0.39, 0.29) is 6.10 Å².